The predicted octanol–water partition coefficient (Wildman–Crippen LogP) is 1.79. The number of benzene rings is 1. The molecule has 0 aliphatic rings. The van der Waals surface area contributed by atoms with E-state index in [0.717, 1.165) is 0 Å². The Balaban J connectivity index is 2.33. The van der Waals surface area contributed by atoms with Crippen LogP contribution in [-0.2, 0) is 9.59 Å². The molecule has 0 aliphatic heterocycles. The molecule has 0 saturated carbocycles. The van der Waals surface area contributed by atoms with Gasteiger partial charge >= 0.3 is 0 Å². The van der Waals surface area contributed by atoms with E-state index in [1.165, 1.54) is 0 Å². The molecule has 1 aromatic carbocycles. The number of hydrogen-bond donors (Lipinski definition) is 3. The third-order valence-corrected chi connectivity index (χ3v) is 2.94. The van der Waals surface area contributed by atoms with Crippen LogP contribution >= 0.6 is 23.8 Å². The van der Waals surface area contributed by atoms with Gasteiger partial charge in [-0.05, 0) is 24.4 Å². The lowest BCUT2D eigenvalue weighted by Crippen LogP contribution is -2.51. The second-order valence-electron chi connectivity index (χ2n) is 5.43. The second-order valence-corrected chi connectivity index (χ2v) is 6.24. The van der Waals surface area contributed by atoms with Crippen molar-refractivity contribution in [2.24, 2.45) is 5.41 Å². The molecule has 0 atom stereocenters. The third-order valence-electron chi connectivity index (χ3n) is 2.42. The molecule has 0 spiro atoms. The lowest BCUT2D eigenvalue weighted by Gasteiger charge is -2.18. The van der Waals surface area contributed by atoms with E-state index in [9.17, 15) is 9.59 Å². The molecule has 3 N–H and O–H groups in total. The molecule has 22 heavy (non-hydrogen) atoms. The highest BCUT2D eigenvalue weighted by Gasteiger charge is 2.22. The van der Waals surface area contributed by atoms with Crippen molar-refractivity contribution < 1.29 is 14.3 Å². The van der Waals surface area contributed by atoms with Gasteiger partial charge in [0.05, 0.1) is 5.02 Å². The Hall–Kier alpha value is -1.86. The van der Waals surface area contributed by atoms with Gasteiger partial charge in [-0.1, -0.05) is 44.5 Å². The highest BCUT2D eigenvalue weighted by Crippen LogP contribution is 2.22. The van der Waals surface area contributed by atoms with Crippen LogP contribution in [-0.4, -0.2) is 23.5 Å². The minimum absolute atomic E-state index is 0.00557. The maximum absolute atomic E-state index is 11.7. The summed E-state index contributed by atoms with van der Waals surface area (Å²) >= 11 is 10.8. The number of rotatable bonds is 3. The molecular weight excluding hydrogens is 326 g/mol. The molecule has 1 rings (SSSR count). The normalized spacial score (nSPS) is 10.5. The van der Waals surface area contributed by atoms with Gasteiger partial charge < -0.3 is 10.1 Å². The molecule has 0 aromatic heterocycles. The smallest absolute Gasteiger partial charge is 0.276 e. The first-order valence-electron chi connectivity index (χ1n) is 6.48. The average molecular weight is 344 g/mol. The number of amides is 2. The fraction of sp³-hybridized carbons (Fsp3) is 0.357. The van der Waals surface area contributed by atoms with Crippen molar-refractivity contribution in [2.75, 3.05) is 6.61 Å². The number of ether oxygens (including phenoxy) is 1. The first kappa shape index (κ1) is 18.2. The van der Waals surface area contributed by atoms with Gasteiger partial charge in [-0.15, -0.1) is 0 Å². The highest BCUT2D eigenvalue weighted by molar-refractivity contribution is 7.80. The molecule has 2 amide bonds. The number of carbonyl (C=O) groups is 2. The zero-order valence-corrected chi connectivity index (χ0v) is 14.1. The molecule has 0 radical (unpaired) electrons. The van der Waals surface area contributed by atoms with E-state index in [1.54, 1.807) is 45.0 Å². The maximum Gasteiger partial charge on any atom is 0.276 e. The van der Waals surface area contributed by atoms with Gasteiger partial charge in [0.15, 0.2) is 11.7 Å². The number of hydrazine groups is 1. The maximum atomic E-state index is 11.7. The van der Waals surface area contributed by atoms with Crippen molar-refractivity contribution in [1.29, 1.82) is 0 Å². The van der Waals surface area contributed by atoms with Crippen LogP contribution in [0, 0.1) is 5.41 Å². The van der Waals surface area contributed by atoms with Gasteiger partial charge in [0, 0.05) is 5.41 Å². The number of para-hydroxylation sites is 1. The quantitative estimate of drug-likeness (QED) is 0.576. The summed E-state index contributed by atoms with van der Waals surface area (Å²) < 4.78 is 5.25. The van der Waals surface area contributed by atoms with Crippen LogP contribution in [0.1, 0.15) is 20.8 Å². The Bertz CT molecular complexity index is 573. The number of carbonyl (C=O) groups excluding carboxylic acids is 2. The summed E-state index contributed by atoms with van der Waals surface area (Å²) in [6, 6.07) is 6.81. The van der Waals surface area contributed by atoms with Crippen molar-refractivity contribution >= 4 is 40.7 Å². The highest BCUT2D eigenvalue weighted by atomic mass is 35.5. The largest absolute Gasteiger partial charge is 0.482 e. The standard InChI is InChI=1S/C14H18ClN3O3S/c1-14(2,3)12(20)16-13(22)18-17-11(19)8-21-10-7-5-4-6-9(10)15/h4-7H,8H2,1-3H3,(H,17,19)(H2,16,18,20,22). The Labute approximate surface area is 139 Å². The van der Waals surface area contributed by atoms with Crippen LogP contribution in [0.4, 0.5) is 0 Å². The predicted molar refractivity (Wildman–Crippen MR) is 88.4 cm³/mol. The summed E-state index contributed by atoms with van der Waals surface area (Å²) in [5.41, 5.74) is 4.16. The molecule has 6 nitrogen and oxygen atoms in total. The van der Waals surface area contributed by atoms with Gasteiger partial charge in [0.1, 0.15) is 5.75 Å². The lowest BCUT2D eigenvalue weighted by atomic mass is 9.96. The van der Waals surface area contributed by atoms with Crippen molar-refractivity contribution in [2.45, 2.75) is 20.8 Å². The Morgan fingerprint density at radius 1 is 1.23 bits per heavy atom. The zero-order valence-electron chi connectivity index (χ0n) is 12.5. The molecule has 1 aromatic rings. The van der Waals surface area contributed by atoms with E-state index >= 15 is 0 Å². The first-order chi connectivity index (χ1) is 10.2. The van der Waals surface area contributed by atoms with Crippen LogP contribution < -0.4 is 20.9 Å². The van der Waals surface area contributed by atoms with Crippen LogP contribution in [0.5, 0.6) is 5.75 Å². The Kier molecular flexibility index (Phi) is 6.58. The monoisotopic (exact) mass is 343 g/mol. The summed E-state index contributed by atoms with van der Waals surface area (Å²) in [6.07, 6.45) is 0. The number of thiocarbonyl (C=S) groups is 1. The van der Waals surface area contributed by atoms with E-state index in [4.69, 9.17) is 28.6 Å². The van der Waals surface area contributed by atoms with E-state index < -0.39 is 11.3 Å². The molecule has 120 valence electrons. The van der Waals surface area contributed by atoms with Crippen molar-refractivity contribution in [3.05, 3.63) is 29.3 Å². The second kappa shape index (κ2) is 7.95. The van der Waals surface area contributed by atoms with E-state index in [0.29, 0.717) is 10.8 Å². The molecule has 8 heteroatoms. The van der Waals surface area contributed by atoms with Gasteiger partial charge in [-0.3, -0.25) is 20.4 Å². The number of hydrogen-bond acceptors (Lipinski definition) is 4. The summed E-state index contributed by atoms with van der Waals surface area (Å²) in [4.78, 5) is 23.3. The molecule has 0 fully saturated rings. The average Bonchev–Trinajstić information content (AvgIpc) is 2.43. The fourth-order valence-electron chi connectivity index (χ4n) is 1.19. The number of nitrogens with one attached hydrogen (secondary N) is 3. The van der Waals surface area contributed by atoms with Crippen LogP contribution in [0.25, 0.3) is 0 Å². The summed E-state index contributed by atoms with van der Waals surface area (Å²) in [6.45, 7) is 5.01. The van der Waals surface area contributed by atoms with Gasteiger partial charge in [-0.25, -0.2) is 0 Å². The van der Waals surface area contributed by atoms with Crippen LogP contribution in [0.15, 0.2) is 24.3 Å². The Morgan fingerprint density at radius 2 is 1.86 bits per heavy atom. The number of halogens is 1. The van der Waals surface area contributed by atoms with Gasteiger partial charge in [-0.2, -0.15) is 0 Å². The Morgan fingerprint density at radius 3 is 2.45 bits per heavy atom. The van der Waals surface area contributed by atoms with Crippen molar-refractivity contribution in [3.63, 3.8) is 0 Å². The van der Waals surface area contributed by atoms with Gasteiger partial charge in [0.2, 0.25) is 5.91 Å². The minimum Gasteiger partial charge on any atom is -0.482 e. The van der Waals surface area contributed by atoms with Crippen molar-refractivity contribution in [3.8, 4) is 5.75 Å². The molecule has 0 unspecified atom stereocenters. The lowest BCUT2D eigenvalue weighted by molar-refractivity contribution is -0.127. The molecular formula is C14H18ClN3O3S. The summed E-state index contributed by atoms with van der Waals surface area (Å²) in [5, 5.41) is 2.88. The fourth-order valence-corrected chi connectivity index (χ4v) is 1.52. The van der Waals surface area contributed by atoms with E-state index in [1.807, 2.05) is 0 Å². The van der Waals surface area contributed by atoms with Crippen molar-refractivity contribution in [1.82, 2.24) is 16.2 Å². The molecule has 0 aliphatic carbocycles. The van der Waals surface area contributed by atoms with E-state index in [2.05, 4.69) is 16.2 Å². The van der Waals surface area contributed by atoms with Crippen LogP contribution in [0.2, 0.25) is 5.02 Å². The first-order valence-corrected chi connectivity index (χ1v) is 7.26. The van der Waals surface area contributed by atoms with Gasteiger partial charge in [0.25, 0.3) is 5.91 Å². The molecule has 0 bridgehead atoms. The van der Waals surface area contributed by atoms with Crippen LogP contribution in [0.3, 0.4) is 0 Å². The topological polar surface area (TPSA) is 79.5 Å². The third kappa shape index (κ3) is 6.28. The molecule has 0 heterocycles. The SMILES string of the molecule is CC(C)(C)C(=O)NC(=S)NNC(=O)COc1ccccc1Cl. The summed E-state index contributed by atoms with van der Waals surface area (Å²) in [5.74, 6) is -0.318. The molecule has 0 saturated heterocycles. The minimum atomic E-state index is -0.580. The van der Waals surface area contributed by atoms with E-state index in [-0.39, 0.29) is 17.6 Å². The summed E-state index contributed by atoms with van der Waals surface area (Å²) in [7, 11) is 0. The zero-order chi connectivity index (χ0) is 16.8.